The quantitative estimate of drug-likeness (QED) is 0.393. The summed E-state index contributed by atoms with van der Waals surface area (Å²) in [6.07, 6.45) is 0.975. The summed E-state index contributed by atoms with van der Waals surface area (Å²) in [4.78, 5) is 12.8. The van der Waals surface area contributed by atoms with Gasteiger partial charge in [-0.1, -0.05) is 43.7 Å². The zero-order chi connectivity index (χ0) is 25.9. The molecule has 0 aliphatic carbocycles. The van der Waals surface area contributed by atoms with Crippen molar-refractivity contribution in [2.75, 3.05) is 20.3 Å². The van der Waals surface area contributed by atoms with Crippen LogP contribution >= 0.6 is 0 Å². The Labute approximate surface area is 209 Å². The smallest absolute Gasteiger partial charge is 0.407 e. The number of carbonyl (C=O) groups is 1. The Bertz CT molecular complexity index is 1000. The first-order chi connectivity index (χ1) is 16.5. The molecule has 0 aromatic heterocycles. The summed E-state index contributed by atoms with van der Waals surface area (Å²) < 4.78 is 45.2. The van der Waals surface area contributed by atoms with Crippen LogP contribution in [0, 0.1) is 0 Å². The Hall–Kier alpha value is -2.62. The number of rotatable bonds is 13. The molecule has 0 aliphatic rings. The SMILES string of the molecule is CCCCOC(CNS(=O)(=O)c1ccc(OC)cc1)C(Cc1ccccc1)NC(=O)OC(C)(C)C. The molecular formula is C26H38N2O6S. The van der Waals surface area contributed by atoms with Crippen molar-refractivity contribution in [3.63, 3.8) is 0 Å². The lowest BCUT2D eigenvalue weighted by atomic mass is 10.0. The molecule has 0 radical (unpaired) electrons. The fourth-order valence-electron chi connectivity index (χ4n) is 3.33. The molecule has 0 saturated heterocycles. The predicted octanol–water partition coefficient (Wildman–Crippen LogP) is 4.29. The van der Waals surface area contributed by atoms with E-state index in [0.29, 0.717) is 18.8 Å². The van der Waals surface area contributed by atoms with Gasteiger partial charge in [0.25, 0.3) is 0 Å². The van der Waals surface area contributed by atoms with E-state index < -0.39 is 33.9 Å². The lowest BCUT2D eigenvalue weighted by molar-refractivity contribution is 0.0155. The van der Waals surface area contributed by atoms with Gasteiger partial charge in [-0.05, 0) is 63.4 Å². The molecule has 8 nitrogen and oxygen atoms in total. The van der Waals surface area contributed by atoms with Gasteiger partial charge in [0.05, 0.1) is 24.2 Å². The van der Waals surface area contributed by atoms with E-state index in [9.17, 15) is 13.2 Å². The third kappa shape index (κ3) is 10.3. The fraction of sp³-hybridized carbons (Fsp3) is 0.500. The van der Waals surface area contributed by atoms with Crippen molar-refractivity contribution in [1.29, 1.82) is 0 Å². The van der Waals surface area contributed by atoms with Crippen LogP contribution in [0.1, 0.15) is 46.1 Å². The van der Waals surface area contributed by atoms with Crippen LogP contribution in [0.25, 0.3) is 0 Å². The van der Waals surface area contributed by atoms with Crippen molar-refractivity contribution in [3.8, 4) is 5.75 Å². The zero-order valence-electron chi connectivity index (χ0n) is 21.2. The van der Waals surface area contributed by atoms with Crippen LogP contribution in [0.15, 0.2) is 59.5 Å². The van der Waals surface area contributed by atoms with Crippen molar-refractivity contribution in [3.05, 3.63) is 60.2 Å². The maximum atomic E-state index is 12.9. The molecule has 9 heteroatoms. The minimum Gasteiger partial charge on any atom is -0.497 e. The average Bonchev–Trinajstić information content (AvgIpc) is 2.80. The summed E-state index contributed by atoms with van der Waals surface area (Å²) in [7, 11) is -2.29. The highest BCUT2D eigenvalue weighted by Gasteiger charge is 2.28. The molecule has 0 fully saturated rings. The van der Waals surface area contributed by atoms with Crippen LogP contribution in [0.3, 0.4) is 0 Å². The largest absolute Gasteiger partial charge is 0.497 e. The highest BCUT2D eigenvalue weighted by atomic mass is 32.2. The van der Waals surface area contributed by atoms with Gasteiger partial charge in [0.2, 0.25) is 10.0 Å². The first-order valence-corrected chi connectivity index (χ1v) is 13.3. The summed E-state index contributed by atoms with van der Waals surface area (Å²) in [6.45, 7) is 7.83. The van der Waals surface area contributed by atoms with Gasteiger partial charge in [-0.2, -0.15) is 0 Å². The molecule has 2 rings (SSSR count). The van der Waals surface area contributed by atoms with E-state index in [2.05, 4.69) is 10.0 Å². The Morgan fingerprint density at radius 1 is 1.03 bits per heavy atom. The molecule has 2 aromatic rings. The van der Waals surface area contributed by atoms with E-state index in [4.69, 9.17) is 14.2 Å². The molecule has 0 saturated carbocycles. The number of unbranched alkanes of at least 4 members (excludes halogenated alkanes) is 1. The van der Waals surface area contributed by atoms with Gasteiger partial charge >= 0.3 is 6.09 Å². The molecule has 2 atom stereocenters. The van der Waals surface area contributed by atoms with Gasteiger partial charge in [0.1, 0.15) is 11.4 Å². The molecule has 194 valence electrons. The van der Waals surface area contributed by atoms with E-state index in [1.54, 1.807) is 32.9 Å². The van der Waals surface area contributed by atoms with Gasteiger partial charge in [-0.15, -0.1) is 0 Å². The number of alkyl carbamates (subject to hydrolysis) is 1. The summed E-state index contributed by atoms with van der Waals surface area (Å²) in [6, 6.07) is 15.3. The van der Waals surface area contributed by atoms with E-state index in [1.165, 1.54) is 19.2 Å². The summed E-state index contributed by atoms with van der Waals surface area (Å²) >= 11 is 0. The number of ether oxygens (including phenoxy) is 3. The second-order valence-electron chi connectivity index (χ2n) is 9.23. The average molecular weight is 507 g/mol. The standard InChI is InChI=1S/C26H38N2O6S/c1-6-7-17-33-24(19-27-35(30,31)22-15-13-21(32-5)14-16-22)23(18-20-11-9-8-10-12-20)28-25(29)34-26(2,3)4/h8-16,23-24,27H,6-7,17-19H2,1-5H3,(H,28,29). The van der Waals surface area contributed by atoms with Crippen molar-refractivity contribution < 1.29 is 27.4 Å². The van der Waals surface area contributed by atoms with Crippen molar-refractivity contribution >= 4 is 16.1 Å². The second-order valence-corrected chi connectivity index (χ2v) is 11.0. The molecule has 0 spiro atoms. The van der Waals surface area contributed by atoms with Crippen LogP contribution in [0.5, 0.6) is 5.75 Å². The molecule has 0 heterocycles. The van der Waals surface area contributed by atoms with Crippen molar-refractivity contribution in [1.82, 2.24) is 10.0 Å². The number of hydrogen-bond donors (Lipinski definition) is 2. The van der Waals surface area contributed by atoms with Gasteiger partial charge < -0.3 is 19.5 Å². The minimum absolute atomic E-state index is 0.0224. The Morgan fingerprint density at radius 3 is 2.26 bits per heavy atom. The van der Waals surface area contributed by atoms with E-state index in [1.807, 2.05) is 37.3 Å². The Morgan fingerprint density at radius 2 is 1.69 bits per heavy atom. The van der Waals surface area contributed by atoms with E-state index in [0.717, 1.165) is 18.4 Å². The van der Waals surface area contributed by atoms with Crippen molar-refractivity contribution in [2.45, 2.75) is 69.6 Å². The molecule has 2 N–H and O–H groups in total. The molecule has 0 aliphatic heterocycles. The molecule has 1 amide bonds. The topological polar surface area (TPSA) is 103 Å². The van der Waals surface area contributed by atoms with Crippen molar-refractivity contribution in [2.24, 2.45) is 0 Å². The van der Waals surface area contributed by atoms with E-state index >= 15 is 0 Å². The number of carbonyl (C=O) groups excluding carboxylic acids is 1. The number of sulfonamides is 1. The first-order valence-electron chi connectivity index (χ1n) is 11.8. The number of hydrogen-bond acceptors (Lipinski definition) is 6. The van der Waals surface area contributed by atoms with Crippen LogP contribution < -0.4 is 14.8 Å². The van der Waals surface area contributed by atoms with Crippen LogP contribution in [-0.4, -0.2) is 52.5 Å². The van der Waals surface area contributed by atoms with E-state index in [-0.39, 0.29) is 11.4 Å². The molecule has 2 unspecified atom stereocenters. The molecule has 2 aromatic carbocycles. The van der Waals surface area contributed by atoms with Crippen LogP contribution in [0.4, 0.5) is 4.79 Å². The minimum atomic E-state index is -3.80. The Kier molecular flexibility index (Phi) is 11.0. The first kappa shape index (κ1) is 28.6. The molecular weight excluding hydrogens is 468 g/mol. The summed E-state index contributed by atoms with van der Waals surface area (Å²) in [5, 5.41) is 2.90. The summed E-state index contributed by atoms with van der Waals surface area (Å²) in [5.74, 6) is 0.564. The number of amides is 1. The van der Waals surface area contributed by atoms with Crippen LogP contribution in [0.2, 0.25) is 0 Å². The predicted molar refractivity (Wildman–Crippen MR) is 136 cm³/mol. The van der Waals surface area contributed by atoms with Gasteiger partial charge in [0, 0.05) is 13.2 Å². The number of nitrogens with one attached hydrogen (secondary N) is 2. The zero-order valence-corrected chi connectivity index (χ0v) is 22.1. The monoisotopic (exact) mass is 506 g/mol. The highest BCUT2D eigenvalue weighted by Crippen LogP contribution is 2.17. The number of benzene rings is 2. The summed E-state index contributed by atoms with van der Waals surface area (Å²) in [5.41, 5.74) is 0.311. The lowest BCUT2D eigenvalue weighted by Gasteiger charge is -2.30. The second kappa shape index (κ2) is 13.5. The normalized spacial score (nSPS) is 13.6. The molecule has 0 bridgehead atoms. The lowest BCUT2D eigenvalue weighted by Crippen LogP contribution is -2.51. The number of methoxy groups -OCH3 is 1. The Balaban J connectivity index is 2.24. The van der Waals surface area contributed by atoms with Crippen LogP contribution in [-0.2, 0) is 25.9 Å². The van der Waals surface area contributed by atoms with Gasteiger partial charge in [0.15, 0.2) is 0 Å². The third-order valence-electron chi connectivity index (χ3n) is 5.12. The molecule has 35 heavy (non-hydrogen) atoms. The maximum absolute atomic E-state index is 12.9. The third-order valence-corrected chi connectivity index (χ3v) is 6.56. The maximum Gasteiger partial charge on any atom is 0.407 e. The van der Waals surface area contributed by atoms with Gasteiger partial charge in [-0.3, -0.25) is 0 Å². The highest BCUT2D eigenvalue weighted by molar-refractivity contribution is 7.89. The fourth-order valence-corrected chi connectivity index (χ4v) is 4.37. The van der Waals surface area contributed by atoms with Gasteiger partial charge in [-0.25, -0.2) is 17.9 Å².